The summed E-state index contributed by atoms with van der Waals surface area (Å²) in [5, 5.41) is 24.7. The standard InChI is InChI=1S/C22H24ClN5O4S/c1-3-28-20(18(12-29)25-21(31)14-8-10-15(32-2)11-9-14)26-27-22(28)33-13-19(30)24-17-7-5-4-6-16(17)23/h4-11,18,29H,3,12-13H2,1-2H3,(H,24,30)(H,25,31)/t18-/m0/s1. The normalized spacial score (nSPS) is 11.6. The van der Waals surface area contributed by atoms with E-state index in [1.54, 1.807) is 60.2 Å². The lowest BCUT2D eigenvalue weighted by molar-refractivity contribution is -0.113. The molecule has 2 amide bonds. The molecule has 0 unspecified atom stereocenters. The van der Waals surface area contributed by atoms with Crippen LogP contribution in [-0.4, -0.2) is 51.2 Å². The summed E-state index contributed by atoms with van der Waals surface area (Å²) in [4.78, 5) is 24.9. The van der Waals surface area contributed by atoms with Crippen LogP contribution >= 0.6 is 23.4 Å². The van der Waals surface area contributed by atoms with Crippen molar-refractivity contribution in [2.75, 3.05) is 24.8 Å². The molecule has 3 aromatic rings. The number of nitrogens with zero attached hydrogens (tertiary/aromatic N) is 3. The van der Waals surface area contributed by atoms with E-state index in [1.807, 2.05) is 6.92 Å². The van der Waals surface area contributed by atoms with E-state index < -0.39 is 6.04 Å². The van der Waals surface area contributed by atoms with Crippen LogP contribution in [0.2, 0.25) is 5.02 Å². The summed E-state index contributed by atoms with van der Waals surface area (Å²) < 4.78 is 6.85. The lowest BCUT2D eigenvalue weighted by Gasteiger charge is -2.17. The number of ether oxygens (including phenoxy) is 1. The molecule has 1 heterocycles. The maximum absolute atomic E-state index is 12.6. The average molecular weight is 490 g/mol. The number of thioether (sulfide) groups is 1. The number of amides is 2. The lowest BCUT2D eigenvalue weighted by atomic mass is 10.2. The largest absolute Gasteiger partial charge is 0.497 e. The molecule has 0 saturated heterocycles. The fourth-order valence-electron chi connectivity index (χ4n) is 3.02. The highest BCUT2D eigenvalue weighted by Gasteiger charge is 2.23. The van der Waals surface area contributed by atoms with E-state index in [1.165, 1.54) is 11.8 Å². The van der Waals surface area contributed by atoms with Gasteiger partial charge >= 0.3 is 0 Å². The van der Waals surface area contributed by atoms with Crippen LogP contribution in [0.25, 0.3) is 0 Å². The number of hydrogen-bond acceptors (Lipinski definition) is 7. The SMILES string of the molecule is CCn1c(SCC(=O)Nc2ccccc2Cl)nnc1[C@H](CO)NC(=O)c1ccc(OC)cc1. The molecule has 174 valence electrons. The van der Waals surface area contributed by atoms with Crippen molar-refractivity contribution in [1.82, 2.24) is 20.1 Å². The van der Waals surface area contributed by atoms with Gasteiger partial charge in [-0.2, -0.15) is 0 Å². The topological polar surface area (TPSA) is 118 Å². The molecule has 0 bridgehead atoms. The highest BCUT2D eigenvalue weighted by atomic mass is 35.5. The lowest BCUT2D eigenvalue weighted by Crippen LogP contribution is -2.32. The monoisotopic (exact) mass is 489 g/mol. The van der Waals surface area contributed by atoms with Crippen molar-refractivity contribution in [3.8, 4) is 5.75 Å². The Morgan fingerprint density at radius 1 is 1.18 bits per heavy atom. The molecule has 9 nitrogen and oxygen atoms in total. The number of benzene rings is 2. The zero-order chi connectivity index (χ0) is 23.8. The first-order chi connectivity index (χ1) is 16.0. The van der Waals surface area contributed by atoms with Crippen LogP contribution in [-0.2, 0) is 11.3 Å². The first-order valence-corrected chi connectivity index (χ1v) is 11.5. The number of aliphatic hydroxyl groups is 1. The molecule has 3 N–H and O–H groups in total. The van der Waals surface area contributed by atoms with Crippen molar-refractivity contribution in [3.05, 3.63) is 64.9 Å². The van der Waals surface area contributed by atoms with Crippen LogP contribution in [0, 0.1) is 0 Å². The molecule has 33 heavy (non-hydrogen) atoms. The summed E-state index contributed by atoms with van der Waals surface area (Å²) in [6.45, 7) is 2.02. The molecular formula is C22H24ClN5O4S. The van der Waals surface area contributed by atoms with Gasteiger partial charge in [-0.3, -0.25) is 9.59 Å². The van der Waals surface area contributed by atoms with Crippen LogP contribution in [0.3, 0.4) is 0 Å². The molecule has 11 heteroatoms. The molecule has 1 aromatic heterocycles. The number of anilines is 1. The van der Waals surface area contributed by atoms with Crippen LogP contribution in [0.4, 0.5) is 5.69 Å². The second-order valence-corrected chi connectivity index (χ2v) is 8.19. The molecule has 0 aliphatic heterocycles. The smallest absolute Gasteiger partial charge is 0.251 e. The third-order valence-electron chi connectivity index (χ3n) is 4.69. The molecule has 0 fully saturated rings. The number of aromatic nitrogens is 3. The Morgan fingerprint density at radius 2 is 1.91 bits per heavy atom. The van der Waals surface area contributed by atoms with Crippen molar-refractivity contribution in [2.24, 2.45) is 0 Å². The maximum Gasteiger partial charge on any atom is 0.251 e. The van der Waals surface area contributed by atoms with Crippen molar-refractivity contribution in [1.29, 1.82) is 0 Å². The summed E-state index contributed by atoms with van der Waals surface area (Å²) in [5.41, 5.74) is 0.951. The quantitative estimate of drug-likeness (QED) is 0.374. The van der Waals surface area contributed by atoms with Crippen LogP contribution < -0.4 is 15.4 Å². The number of rotatable bonds is 10. The zero-order valence-electron chi connectivity index (χ0n) is 18.1. The average Bonchev–Trinajstić information content (AvgIpc) is 3.25. The van der Waals surface area contributed by atoms with Gasteiger partial charge in [-0.15, -0.1) is 10.2 Å². The molecule has 0 spiro atoms. The molecule has 3 rings (SSSR count). The molecule has 0 saturated carbocycles. The Balaban J connectivity index is 1.66. The minimum atomic E-state index is -0.765. The molecular weight excluding hydrogens is 466 g/mol. The zero-order valence-corrected chi connectivity index (χ0v) is 19.7. The van der Waals surface area contributed by atoms with Crippen LogP contribution in [0.5, 0.6) is 5.75 Å². The molecule has 2 aromatic carbocycles. The number of halogens is 1. The number of hydrogen-bond donors (Lipinski definition) is 3. The third kappa shape index (κ3) is 6.25. The van der Waals surface area contributed by atoms with E-state index in [4.69, 9.17) is 16.3 Å². The Bertz CT molecular complexity index is 1110. The van der Waals surface area contributed by atoms with E-state index in [0.29, 0.717) is 39.5 Å². The molecule has 0 aliphatic carbocycles. The van der Waals surface area contributed by atoms with E-state index in [2.05, 4.69) is 20.8 Å². The van der Waals surface area contributed by atoms with Gasteiger partial charge in [-0.05, 0) is 43.3 Å². The van der Waals surface area contributed by atoms with Gasteiger partial charge in [0.05, 0.1) is 30.2 Å². The summed E-state index contributed by atoms with van der Waals surface area (Å²) in [6.07, 6.45) is 0. The second-order valence-electron chi connectivity index (χ2n) is 6.84. The van der Waals surface area contributed by atoms with Gasteiger partial charge < -0.3 is 25.0 Å². The number of aliphatic hydroxyl groups excluding tert-OH is 1. The number of methoxy groups -OCH3 is 1. The summed E-state index contributed by atoms with van der Waals surface area (Å²) >= 11 is 7.27. The van der Waals surface area contributed by atoms with Crippen LogP contribution in [0.1, 0.15) is 29.1 Å². The fourth-order valence-corrected chi connectivity index (χ4v) is 4.01. The predicted molar refractivity (Wildman–Crippen MR) is 127 cm³/mol. The highest BCUT2D eigenvalue weighted by Crippen LogP contribution is 2.23. The number of carbonyl (C=O) groups is 2. The summed E-state index contributed by atoms with van der Waals surface area (Å²) in [5.74, 6) is 0.514. The number of carbonyl (C=O) groups excluding carboxylic acids is 2. The highest BCUT2D eigenvalue weighted by molar-refractivity contribution is 7.99. The first-order valence-electron chi connectivity index (χ1n) is 10.1. The number of para-hydroxylation sites is 1. The van der Waals surface area contributed by atoms with E-state index >= 15 is 0 Å². The molecule has 0 aliphatic rings. The van der Waals surface area contributed by atoms with E-state index in [9.17, 15) is 14.7 Å². The van der Waals surface area contributed by atoms with Crippen molar-refractivity contribution in [2.45, 2.75) is 24.7 Å². The van der Waals surface area contributed by atoms with Gasteiger partial charge in [0, 0.05) is 12.1 Å². The molecule has 0 radical (unpaired) electrons. The third-order valence-corrected chi connectivity index (χ3v) is 5.99. The van der Waals surface area contributed by atoms with Crippen LogP contribution in [0.15, 0.2) is 53.7 Å². The fraction of sp³-hybridized carbons (Fsp3) is 0.273. The minimum absolute atomic E-state index is 0.0886. The predicted octanol–water partition coefficient (Wildman–Crippen LogP) is 3.15. The van der Waals surface area contributed by atoms with Gasteiger partial charge in [0.15, 0.2) is 11.0 Å². The van der Waals surface area contributed by atoms with E-state index in [-0.39, 0.29) is 24.2 Å². The van der Waals surface area contributed by atoms with Gasteiger partial charge in [0.25, 0.3) is 5.91 Å². The number of nitrogens with one attached hydrogen (secondary N) is 2. The van der Waals surface area contributed by atoms with Gasteiger partial charge in [0.1, 0.15) is 11.8 Å². The first kappa shape index (κ1) is 24.6. The van der Waals surface area contributed by atoms with Gasteiger partial charge in [-0.1, -0.05) is 35.5 Å². The Morgan fingerprint density at radius 3 is 2.55 bits per heavy atom. The van der Waals surface area contributed by atoms with Crippen molar-refractivity contribution in [3.63, 3.8) is 0 Å². The van der Waals surface area contributed by atoms with Gasteiger partial charge in [0.2, 0.25) is 5.91 Å². The Labute approximate surface area is 200 Å². The second kappa shape index (κ2) is 11.7. The maximum atomic E-state index is 12.6. The molecule has 1 atom stereocenters. The Hall–Kier alpha value is -3.08. The summed E-state index contributed by atoms with van der Waals surface area (Å²) in [6, 6.07) is 12.8. The summed E-state index contributed by atoms with van der Waals surface area (Å²) in [7, 11) is 1.55. The van der Waals surface area contributed by atoms with Crippen molar-refractivity contribution < 1.29 is 19.4 Å². The minimum Gasteiger partial charge on any atom is -0.497 e. The van der Waals surface area contributed by atoms with Crippen molar-refractivity contribution >= 4 is 40.9 Å². The van der Waals surface area contributed by atoms with E-state index in [0.717, 1.165) is 0 Å². The Kier molecular flexibility index (Phi) is 8.70. The van der Waals surface area contributed by atoms with Gasteiger partial charge in [-0.25, -0.2) is 0 Å².